The molecule has 0 atom stereocenters. The Morgan fingerprint density at radius 3 is 2.54 bits per heavy atom. The average molecular weight is 334 g/mol. The van der Waals surface area contributed by atoms with Crippen LogP contribution < -0.4 is 10.1 Å². The van der Waals surface area contributed by atoms with Crippen molar-refractivity contribution < 1.29 is 14.3 Å². The first kappa shape index (κ1) is 18.7. The highest BCUT2D eigenvalue weighted by Gasteiger charge is 2.24. The van der Waals surface area contributed by atoms with Crippen molar-refractivity contribution in [2.45, 2.75) is 33.1 Å². The average Bonchev–Trinajstić information content (AvgIpc) is 2.54. The Labute approximate surface area is 145 Å². The summed E-state index contributed by atoms with van der Waals surface area (Å²) in [5, 5.41) is 3.03. The number of amides is 1. The van der Waals surface area contributed by atoms with Crippen LogP contribution in [-0.4, -0.2) is 57.3 Å². The molecular weight excluding hydrogens is 304 g/mol. The van der Waals surface area contributed by atoms with Crippen molar-refractivity contribution >= 4 is 5.91 Å². The van der Waals surface area contributed by atoms with Crippen molar-refractivity contribution in [2.24, 2.45) is 0 Å². The van der Waals surface area contributed by atoms with Crippen LogP contribution in [0.4, 0.5) is 0 Å². The van der Waals surface area contributed by atoms with Gasteiger partial charge in [-0.25, -0.2) is 0 Å². The highest BCUT2D eigenvalue weighted by atomic mass is 16.5. The van der Waals surface area contributed by atoms with E-state index in [1.807, 2.05) is 13.0 Å². The molecule has 1 aliphatic heterocycles. The molecule has 134 valence electrons. The molecule has 1 amide bonds. The van der Waals surface area contributed by atoms with E-state index in [0.29, 0.717) is 17.9 Å². The fraction of sp³-hybridized carbons (Fsp3) is 0.632. The fourth-order valence-electron chi connectivity index (χ4n) is 2.97. The van der Waals surface area contributed by atoms with E-state index in [1.54, 1.807) is 7.11 Å². The number of morpholine rings is 1. The van der Waals surface area contributed by atoms with E-state index in [2.05, 4.69) is 37.1 Å². The Hall–Kier alpha value is -1.59. The minimum absolute atomic E-state index is 0.0747. The van der Waals surface area contributed by atoms with Crippen LogP contribution in [0.3, 0.4) is 0 Å². The van der Waals surface area contributed by atoms with Crippen LogP contribution in [0.25, 0.3) is 0 Å². The Morgan fingerprint density at radius 2 is 1.96 bits per heavy atom. The standard InChI is InChI=1S/C19H30N2O3/c1-14-12-15(17(23-5)16(13-14)19(2,3)4)18(22)20-6-7-21-8-10-24-11-9-21/h12-13H,6-11H2,1-5H3,(H,20,22). The molecule has 0 spiro atoms. The van der Waals surface area contributed by atoms with Crippen molar-refractivity contribution in [3.63, 3.8) is 0 Å². The minimum atomic E-state index is -0.0831. The third-order valence-electron chi connectivity index (χ3n) is 4.31. The maximum atomic E-state index is 12.7. The summed E-state index contributed by atoms with van der Waals surface area (Å²) in [6.07, 6.45) is 0. The summed E-state index contributed by atoms with van der Waals surface area (Å²) < 4.78 is 10.9. The molecule has 0 bridgehead atoms. The molecule has 1 fully saturated rings. The summed E-state index contributed by atoms with van der Waals surface area (Å²) >= 11 is 0. The topological polar surface area (TPSA) is 50.8 Å². The monoisotopic (exact) mass is 334 g/mol. The molecule has 1 aliphatic rings. The van der Waals surface area contributed by atoms with Crippen molar-refractivity contribution in [3.8, 4) is 5.75 Å². The zero-order chi connectivity index (χ0) is 17.7. The summed E-state index contributed by atoms with van der Waals surface area (Å²) in [6, 6.07) is 4.00. The van der Waals surface area contributed by atoms with E-state index in [1.165, 1.54) is 0 Å². The Bertz CT molecular complexity index is 573. The molecule has 5 nitrogen and oxygen atoms in total. The second kappa shape index (κ2) is 7.99. The van der Waals surface area contributed by atoms with Gasteiger partial charge in [0.1, 0.15) is 5.75 Å². The Balaban J connectivity index is 2.09. The van der Waals surface area contributed by atoms with Gasteiger partial charge in [-0.1, -0.05) is 26.8 Å². The van der Waals surface area contributed by atoms with E-state index in [4.69, 9.17) is 9.47 Å². The third-order valence-corrected chi connectivity index (χ3v) is 4.31. The van der Waals surface area contributed by atoms with Crippen molar-refractivity contribution in [1.82, 2.24) is 10.2 Å². The van der Waals surface area contributed by atoms with E-state index in [-0.39, 0.29) is 11.3 Å². The largest absolute Gasteiger partial charge is 0.496 e. The zero-order valence-electron chi connectivity index (χ0n) is 15.6. The summed E-state index contributed by atoms with van der Waals surface area (Å²) in [4.78, 5) is 15.0. The number of hydrogen-bond acceptors (Lipinski definition) is 4. The summed E-state index contributed by atoms with van der Waals surface area (Å²) in [6.45, 7) is 13.3. The fourth-order valence-corrected chi connectivity index (χ4v) is 2.97. The molecule has 1 N–H and O–H groups in total. The van der Waals surface area contributed by atoms with Crippen molar-refractivity contribution in [1.29, 1.82) is 0 Å². The van der Waals surface area contributed by atoms with Gasteiger partial charge in [0, 0.05) is 31.7 Å². The number of nitrogens with one attached hydrogen (secondary N) is 1. The molecule has 1 aromatic carbocycles. The lowest BCUT2D eigenvalue weighted by atomic mass is 9.84. The summed E-state index contributed by atoms with van der Waals surface area (Å²) in [5.41, 5.74) is 2.66. The SMILES string of the molecule is COc1c(C(=O)NCCN2CCOCC2)cc(C)cc1C(C)(C)C. The molecule has 2 rings (SSSR count). The number of ether oxygens (including phenoxy) is 2. The number of methoxy groups -OCH3 is 1. The molecule has 0 radical (unpaired) electrons. The van der Waals surface area contributed by atoms with Crippen LogP contribution in [0.2, 0.25) is 0 Å². The number of rotatable bonds is 5. The second-order valence-corrected chi connectivity index (χ2v) is 7.35. The first-order valence-electron chi connectivity index (χ1n) is 8.60. The van der Waals surface area contributed by atoms with Gasteiger partial charge < -0.3 is 14.8 Å². The maximum absolute atomic E-state index is 12.7. The van der Waals surface area contributed by atoms with E-state index in [9.17, 15) is 4.79 Å². The molecule has 0 aromatic heterocycles. The lowest BCUT2D eigenvalue weighted by Gasteiger charge is -2.27. The first-order valence-corrected chi connectivity index (χ1v) is 8.60. The highest BCUT2D eigenvalue weighted by molar-refractivity contribution is 5.97. The number of benzene rings is 1. The summed E-state index contributed by atoms with van der Waals surface area (Å²) in [7, 11) is 1.63. The molecule has 24 heavy (non-hydrogen) atoms. The summed E-state index contributed by atoms with van der Waals surface area (Å²) in [5.74, 6) is 0.603. The van der Waals surface area contributed by atoms with Gasteiger partial charge in [0.15, 0.2) is 0 Å². The van der Waals surface area contributed by atoms with Gasteiger partial charge in [-0.2, -0.15) is 0 Å². The molecule has 1 saturated heterocycles. The van der Waals surface area contributed by atoms with Crippen LogP contribution in [0.1, 0.15) is 42.3 Å². The minimum Gasteiger partial charge on any atom is -0.496 e. The van der Waals surface area contributed by atoms with Crippen molar-refractivity contribution in [3.05, 3.63) is 28.8 Å². The molecule has 0 aliphatic carbocycles. The van der Waals surface area contributed by atoms with E-state index >= 15 is 0 Å². The predicted molar refractivity (Wildman–Crippen MR) is 96.0 cm³/mol. The lowest BCUT2D eigenvalue weighted by Crippen LogP contribution is -2.41. The van der Waals surface area contributed by atoms with Crippen LogP contribution in [0.5, 0.6) is 5.75 Å². The van der Waals surface area contributed by atoms with E-state index < -0.39 is 0 Å². The smallest absolute Gasteiger partial charge is 0.255 e. The van der Waals surface area contributed by atoms with Crippen LogP contribution in [-0.2, 0) is 10.2 Å². The zero-order valence-corrected chi connectivity index (χ0v) is 15.6. The van der Waals surface area contributed by atoms with E-state index in [0.717, 1.165) is 44.0 Å². The molecule has 1 heterocycles. The lowest BCUT2D eigenvalue weighted by molar-refractivity contribution is 0.0383. The molecule has 1 aromatic rings. The van der Waals surface area contributed by atoms with Gasteiger partial charge in [0.25, 0.3) is 5.91 Å². The van der Waals surface area contributed by atoms with Gasteiger partial charge in [0.2, 0.25) is 0 Å². The maximum Gasteiger partial charge on any atom is 0.255 e. The van der Waals surface area contributed by atoms with Gasteiger partial charge in [-0.3, -0.25) is 9.69 Å². The van der Waals surface area contributed by atoms with Crippen molar-refractivity contribution in [2.75, 3.05) is 46.5 Å². The number of aryl methyl sites for hydroxylation is 1. The number of nitrogens with zero attached hydrogens (tertiary/aromatic N) is 1. The molecular formula is C19H30N2O3. The molecule has 0 saturated carbocycles. The number of carbonyl (C=O) groups excluding carboxylic acids is 1. The third kappa shape index (κ3) is 4.71. The quantitative estimate of drug-likeness (QED) is 0.898. The number of carbonyl (C=O) groups is 1. The number of hydrogen-bond donors (Lipinski definition) is 1. The van der Waals surface area contributed by atoms with Crippen LogP contribution >= 0.6 is 0 Å². The molecule has 0 unspecified atom stereocenters. The van der Waals surface area contributed by atoms with Gasteiger partial charge in [0.05, 0.1) is 25.9 Å². The Morgan fingerprint density at radius 1 is 1.29 bits per heavy atom. The van der Waals surface area contributed by atoms with Crippen LogP contribution in [0.15, 0.2) is 12.1 Å². The Kier molecular flexibility index (Phi) is 6.24. The molecule has 5 heteroatoms. The second-order valence-electron chi connectivity index (χ2n) is 7.35. The normalized spacial score (nSPS) is 16.0. The van der Waals surface area contributed by atoms with Gasteiger partial charge >= 0.3 is 0 Å². The van der Waals surface area contributed by atoms with Gasteiger partial charge in [-0.05, 0) is 24.0 Å². The highest BCUT2D eigenvalue weighted by Crippen LogP contribution is 2.35. The first-order chi connectivity index (χ1) is 11.3. The van der Waals surface area contributed by atoms with Gasteiger partial charge in [-0.15, -0.1) is 0 Å². The predicted octanol–water partition coefficient (Wildman–Crippen LogP) is 2.36. The van der Waals surface area contributed by atoms with Crippen LogP contribution in [0, 0.1) is 6.92 Å².